The largest absolute Gasteiger partial charge is 0.497 e. The molecule has 0 fully saturated rings. The van der Waals surface area contributed by atoms with E-state index >= 15 is 0 Å². The smallest absolute Gasteiger partial charge is 0.227 e. The highest BCUT2D eigenvalue weighted by Gasteiger charge is 2.10. The fourth-order valence-electron chi connectivity index (χ4n) is 2.93. The fourth-order valence-corrected chi connectivity index (χ4v) is 2.93. The summed E-state index contributed by atoms with van der Waals surface area (Å²) in [7, 11) is 1.65. The van der Waals surface area contributed by atoms with Crippen LogP contribution in [0.15, 0.2) is 60.7 Å². The van der Waals surface area contributed by atoms with Crippen molar-refractivity contribution in [1.29, 1.82) is 0 Å². The minimum atomic E-state index is 0.534. The van der Waals surface area contributed by atoms with Crippen molar-refractivity contribution in [2.24, 2.45) is 0 Å². The van der Waals surface area contributed by atoms with E-state index in [1.54, 1.807) is 7.11 Å². The number of anilines is 2. The highest BCUT2D eigenvalue weighted by atomic mass is 16.5. The Kier molecular flexibility index (Phi) is 7.28. The number of nitrogens with one attached hydrogen (secondary N) is 1. The fraction of sp³-hybridized carbons (Fsp3) is 0.304. The molecule has 1 heterocycles. The van der Waals surface area contributed by atoms with Gasteiger partial charge in [0.05, 0.1) is 13.7 Å². The second-order valence-corrected chi connectivity index (χ2v) is 6.65. The molecule has 0 saturated carbocycles. The number of methoxy groups -OCH3 is 1. The molecule has 152 valence electrons. The minimum Gasteiger partial charge on any atom is -0.497 e. The molecule has 0 aliphatic heterocycles. The average molecular weight is 393 g/mol. The van der Waals surface area contributed by atoms with Gasteiger partial charge in [-0.3, -0.25) is 0 Å². The third kappa shape index (κ3) is 6.10. The lowest BCUT2D eigenvalue weighted by molar-refractivity contribution is 0.331. The van der Waals surface area contributed by atoms with E-state index in [4.69, 9.17) is 14.5 Å². The number of benzene rings is 2. The SMILES string of the molecule is CCN(Cc1ccccc1)c1nc(C)cc(NCCOc2ccc(OC)cc2)n1. The third-order valence-electron chi connectivity index (χ3n) is 4.46. The maximum Gasteiger partial charge on any atom is 0.227 e. The molecule has 0 amide bonds. The molecular formula is C23H28N4O2. The van der Waals surface area contributed by atoms with Crippen molar-refractivity contribution in [3.63, 3.8) is 0 Å². The van der Waals surface area contributed by atoms with E-state index < -0.39 is 0 Å². The summed E-state index contributed by atoms with van der Waals surface area (Å²) in [5.41, 5.74) is 2.17. The van der Waals surface area contributed by atoms with Gasteiger partial charge in [0, 0.05) is 24.8 Å². The standard InChI is InChI=1S/C23H28N4O2/c1-4-27(17-19-8-6-5-7-9-19)23-25-18(2)16-22(26-23)24-14-15-29-21-12-10-20(28-3)11-13-21/h5-13,16H,4,14-15,17H2,1-3H3,(H,24,25,26). The Morgan fingerprint density at radius 1 is 0.966 bits per heavy atom. The number of aryl methyl sites for hydroxylation is 1. The van der Waals surface area contributed by atoms with Crippen LogP contribution < -0.4 is 19.7 Å². The first-order chi connectivity index (χ1) is 14.2. The lowest BCUT2D eigenvalue weighted by atomic mass is 10.2. The first-order valence-electron chi connectivity index (χ1n) is 9.83. The van der Waals surface area contributed by atoms with Crippen molar-refractivity contribution < 1.29 is 9.47 Å². The molecule has 6 nitrogen and oxygen atoms in total. The van der Waals surface area contributed by atoms with Crippen LogP contribution in [0.5, 0.6) is 11.5 Å². The van der Waals surface area contributed by atoms with Crippen molar-refractivity contribution in [3.8, 4) is 11.5 Å². The molecule has 0 unspecified atom stereocenters. The molecule has 0 aliphatic rings. The Hall–Kier alpha value is -3.28. The maximum atomic E-state index is 5.76. The van der Waals surface area contributed by atoms with Crippen molar-refractivity contribution in [2.45, 2.75) is 20.4 Å². The molecule has 29 heavy (non-hydrogen) atoms. The summed E-state index contributed by atoms with van der Waals surface area (Å²) in [5.74, 6) is 3.16. The summed E-state index contributed by atoms with van der Waals surface area (Å²) >= 11 is 0. The summed E-state index contributed by atoms with van der Waals surface area (Å²) < 4.78 is 10.9. The van der Waals surface area contributed by atoms with Crippen molar-refractivity contribution in [3.05, 3.63) is 71.9 Å². The Bertz CT molecular complexity index is 885. The molecule has 1 aromatic heterocycles. The van der Waals surface area contributed by atoms with Gasteiger partial charge in [-0.2, -0.15) is 4.98 Å². The molecule has 0 bridgehead atoms. The number of aromatic nitrogens is 2. The Morgan fingerprint density at radius 2 is 1.69 bits per heavy atom. The van der Waals surface area contributed by atoms with Gasteiger partial charge in [-0.25, -0.2) is 4.98 Å². The molecular weight excluding hydrogens is 364 g/mol. The monoisotopic (exact) mass is 392 g/mol. The van der Waals surface area contributed by atoms with E-state index in [9.17, 15) is 0 Å². The topological polar surface area (TPSA) is 59.5 Å². The maximum absolute atomic E-state index is 5.76. The molecule has 3 rings (SSSR count). The lowest BCUT2D eigenvalue weighted by Gasteiger charge is -2.22. The van der Waals surface area contributed by atoms with Crippen LogP contribution in [0.1, 0.15) is 18.2 Å². The van der Waals surface area contributed by atoms with Crippen LogP contribution in [-0.2, 0) is 6.54 Å². The van der Waals surface area contributed by atoms with Crippen molar-refractivity contribution >= 4 is 11.8 Å². The molecule has 1 N–H and O–H groups in total. The molecule has 0 saturated heterocycles. The van der Waals surface area contributed by atoms with Crippen LogP contribution in [-0.4, -0.2) is 36.8 Å². The first kappa shape index (κ1) is 20.5. The summed E-state index contributed by atoms with van der Waals surface area (Å²) in [5, 5.41) is 3.33. The number of nitrogens with zero attached hydrogens (tertiary/aromatic N) is 3. The van der Waals surface area contributed by atoms with Gasteiger partial charge < -0.3 is 19.7 Å². The van der Waals surface area contributed by atoms with Crippen molar-refractivity contribution in [2.75, 3.05) is 37.0 Å². The van der Waals surface area contributed by atoms with Gasteiger partial charge >= 0.3 is 0 Å². The number of hydrogen-bond donors (Lipinski definition) is 1. The zero-order valence-electron chi connectivity index (χ0n) is 17.3. The van der Waals surface area contributed by atoms with E-state index in [0.717, 1.165) is 42.0 Å². The lowest BCUT2D eigenvalue weighted by Crippen LogP contribution is -2.25. The Morgan fingerprint density at radius 3 is 2.38 bits per heavy atom. The predicted octanol–water partition coefficient (Wildman–Crippen LogP) is 4.31. The highest BCUT2D eigenvalue weighted by Crippen LogP contribution is 2.18. The molecule has 0 spiro atoms. The van der Waals surface area contributed by atoms with E-state index in [1.807, 2.05) is 43.3 Å². The quantitative estimate of drug-likeness (QED) is 0.519. The van der Waals surface area contributed by atoms with Crippen LogP contribution in [0.25, 0.3) is 0 Å². The first-order valence-corrected chi connectivity index (χ1v) is 9.83. The van der Waals surface area contributed by atoms with Gasteiger partial charge in [-0.1, -0.05) is 30.3 Å². The second-order valence-electron chi connectivity index (χ2n) is 6.65. The molecule has 0 radical (unpaired) electrons. The van der Waals surface area contributed by atoms with Gasteiger partial charge in [-0.05, 0) is 43.7 Å². The van der Waals surface area contributed by atoms with Crippen LogP contribution in [0, 0.1) is 6.92 Å². The van der Waals surface area contributed by atoms with Gasteiger partial charge in [-0.15, -0.1) is 0 Å². The van der Waals surface area contributed by atoms with Crippen LogP contribution in [0.2, 0.25) is 0 Å². The Balaban J connectivity index is 1.57. The van der Waals surface area contributed by atoms with E-state index in [2.05, 4.69) is 46.4 Å². The van der Waals surface area contributed by atoms with Crippen LogP contribution >= 0.6 is 0 Å². The third-order valence-corrected chi connectivity index (χ3v) is 4.46. The highest BCUT2D eigenvalue weighted by molar-refractivity contribution is 5.44. The second kappa shape index (κ2) is 10.3. The van der Waals surface area contributed by atoms with E-state index in [0.29, 0.717) is 13.2 Å². The summed E-state index contributed by atoms with van der Waals surface area (Å²) in [6.07, 6.45) is 0. The van der Waals surface area contributed by atoms with Crippen molar-refractivity contribution in [1.82, 2.24) is 9.97 Å². The predicted molar refractivity (Wildman–Crippen MR) is 117 cm³/mol. The Labute approximate surface area is 172 Å². The molecule has 0 aliphatic carbocycles. The zero-order chi connectivity index (χ0) is 20.5. The summed E-state index contributed by atoms with van der Waals surface area (Å²) in [4.78, 5) is 11.5. The molecule has 6 heteroatoms. The number of hydrogen-bond acceptors (Lipinski definition) is 6. The van der Waals surface area contributed by atoms with Gasteiger partial charge in [0.1, 0.15) is 23.9 Å². The summed E-state index contributed by atoms with van der Waals surface area (Å²) in [6, 6.07) is 19.9. The van der Waals surface area contributed by atoms with E-state index in [-0.39, 0.29) is 0 Å². The number of rotatable bonds is 10. The van der Waals surface area contributed by atoms with E-state index in [1.165, 1.54) is 5.56 Å². The zero-order valence-corrected chi connectivity index (χ0v) is 17.3. The summed E-state index contributed by atoms with van der Waals surface area (Å²) in [6.45, 7) is 6.89. The molecule has 0 atom stereocenters. The van der Waals surface area contributed by atoms with Gasteiger partial charge in [0.2, 0.25) is 5.95 Å². The normalized spacial score (nSPS) is 10.4. The van der Waals surface area contributed by atoms with Gasteiger partial charge in [0.15, 0.2) is 0 Å². The minimum absolute atomic E-state index is 0.534. The van der Waals surface area contributed by atoms with Crippen LogP contribution in [0.3, 0.4) is 0 Å². The average Bonchev–Trinajstić information content (AvgIpc) is 2.76. The molecule has 2 aromatic carbocycles. The van der Waals surface area contributed by atoms with Gasteiger partial charge in [0.25, 0.3) is 0 Å². The van der Waals surface area contributed by atoms with Crippen LogP contribution in [0.4, 0.5) is 11.8 Å². The number of ether oxygens (including phenoxy) is 2. The molecule has 3 aromatic rings.